The van der Waals surface area contributed by atoms with Crippen LogP contribution in [0.15, 0.2) is 40.2 Å². The standard InChI is InChI=1S/C23H28ClN5O3S2/c1-14(2)17-13-28(34(4,31)32)11-9-20(17)29-23(30)16(12-25-3)22(33-29)27-21-15-6-5-10-26-19(15)8-7-18(21)24/h5-8,10,12,14,17,20,27H,9,11,13H2,1-4H3/b25-12+. The number of benzene rings is 1. The zero-order chi connectivity index (χ0) is 24.6. The summed E-state index contributed by atoms with van der Waals surface area (Å²) in [5.74, 6) is 0.200. The lowest BCUT2D eigenvalue weighted by atomic mass is 9.84. The Hall–Kier alpha value is -2.27. The molecule has 0 bridgehead atoms. The van der Waals surface area contributed by atoms with Crippen molar-refractivity contribution in [3.8, 4) is 0 Å². The highest BCUT2D eigenvalue weighted by atomic mass is 35.5. The van der Waals surface area contributed by atoms with E-state index in [1.54, 1.807) is 29.5 Å². The third-order valence-electron chi connectivity index (χ3n) is 6.31. The number of halogens is 1. The van der Waals surface area contributed by atoms with Gasteiger partial charge in [0.25, 0.3) is 5.56 Å². The molecule has 0 radical (unpaired) electrons. The second kappa shape index (κ2) is 9.77. The number of aromatic nitrogens is 2. The Morgan fingerprint density at radius 3 is 2.76 bits per heavy atom. The fraction of sp³-hybridized carbons (Fsp3) is 0.435. The molecule has 8 nitrogen and oxygen atoms in total. The summed E-state index contributed by atoms with van der Waals surface area (Å²) >= 11 is 7.86. The van der Waals surface area contributed by atoms with Gasteiger partial charge in [0, 0.05) is 37.9 Å². The lowest BCUT2D eigenvalue weighted by Crippen LogP contribution is -2.46. The summed E-state index contributed by atoms with van der Waals surface area (Å²) < 4.78 is 27.6. The highest BCUT2D eigenvalue weighted by Crippen LogP contribution is 2.39. The van der Waals surface area contributed by atoms with E-state index in [1.807, 2.05) is 18.2 Å². The van der Waals surface area contributed by atoms with Crippen molar-refractivity contribution in [1.82, 2.24) is 13.2 Å². The normalized spacial score (nSPS) is 19.9. The number of nitrogens with zero attached hydrogens (tertiary/aromatic N) is 4. The maximum absolute atomic E-state index is 13.5. The Balaban J connectivity index is 1.78. The molecule has 4 rings (SSSR count). The second-order valence-electron chi connectivity index (χ2n) is 8.85. The average Bonchev–Trinajstić information content (AvgIpc) is 3.10. The van der Waals surface area contributed by atoms with Gasteiger partial charge in [-0.15, -0.1) is 0 Å². The number of sulfonamides is 1. The molecule has 11 heteroatoms. The van der Waals surface area contributed by atoms with E-state index in [1.165, 1.54) is 22.1 Å². The van der Waals surface area contributed by atoms with E-state index in [4.69, 9.17) is 11.6 Å². The van der Waals surface area contributed by atoms with Crippen molar-refractivity contribution in [2.45, 2.75) is 26.3 Å². The van der Waals surface area contributed by atoms with E-state index >= 15 is 0 Å². The maximum atomic E-state index is 13.5. The Labute approximate surface area is 208 Å². The predicted molar refractivity (Wildman–Crippen MR) is 141 cm³/mol. The van der Waals surface area contributed by atoms with Gasteiger partial charge in [0.2, 0.25) is 10.0 Å². The number of nitrogens with one attached hydrogen (secondary N) is 1. The minimum absolute atomic E-state index is 0.00411. The van der Waals surface area contributed by atoms with Gasteiger partial charge in [-0.05, 0) is 54.1 Å². The first kappa shape index (κ1) is 24.8. The Morgan fingerprint density at radius 2 is 2.09 bits per heavy atom. The number of pyridine rings is 1. The van der Waals surface area contributed by atoms with Gasteiger partial charge < -0.3 is 5.32 Å². The zero-order valence-electron chi connectivity index (χ0n) is 19.5. The summed E-state index contributed by atoms with van der Waals surface area (Å²) in [6.07, 6.45) is 5.09. The van der Waals surface area contributed by atoms with Crippen LogP contribution in [-0.2, 0) is 10.0 Å². The van der Waals surface area contributed by atoms with Gasteiger partial charge in [0.1, 0.15) is 5.00 Å². The van der Waals surface area contributed by atoms with Crippen LogP contribution in [0, 0.1) is 11.8 Å². The number of piperidine rings is 1. The number of rotatable bonds is 6. The average molecular weight is 522 g/mol. The van der Waals surface area contributed by atoms with E-state index in [0.29, 0.717) is 40.8 Å². The molecule has 1 aliphatic rings. The molecule has 1 aliphatic heterocycles. The molecule has 34 heavy (non-hydrogen) atoms. The molecule has 1 N–H and O–H groups in total. The van der Waals surface area contributed by atoms with Crippen LogP contribution in [0.2, 0.25) is 5.02 Å². The molecule has 2 unspecified atom stereocenters. The molecule has 0 spiro atoms. The van der Waals surface area contributed by atoms with Gasteiger partial charge in [0.05, 0.1) is 34.1 Å². The number of fused-ring (bicyclic) bond motifs is 1. The van der Waals surface area contributed by atoms with Gasteiger partial charge >= 0.3 is 0 Å². The van der Waals surface area contributed by atoms with Gasteiger partial charge in [-0.1, -0.05) is 25.4 Å². The van der Waals surface area contributed by atoms with Crippen LogP contribution in [0.3, 0.4) is 0 Å². The SMILES string of the molecule is C/N=C/c1c(Nc2c(Cl)ccc3ncccc23)sn(C2CCN(S(C)(=O)=O)CC2C(C)C)c1=O. The number of hydrogen-bond acceptors (Lipinski definition) is 7. The Bertz CT molecular complexity index is 1400. The van der Waals surface area contributed by atoms with Crippen molar-refractivity contribution < 1.29 is 8.42 Å². The smallest absolute Gasteiger partial charge is 0.271 e. The fourth-order valence-electron chi connectivity index (χ4n) is 4.51. The van der Waals surface area contributed by atoms with E-state index in [0.717, 1.165) is 10.9 Å². The number of anilines is 2. The third kappa shape index (κ3) is 4.77. The van der Waals surface area contributed by atoms with Crippen LogP contribution in [0.5, 0.6) is 0 Å². The van der Waals surface area contributed by atoms with Gasteiger partial charge in [-0.25, -0.2) is 12.7 Å². The molecule has 3 aromatic rings. The zero-order valence-corrected chi connectivity index (χ0v) is 21.9. The van der Waals surface area contributed by atoms with Crippen molar-refractivity contribution in [2.24, 2.45) is 16.8 Å². The van der Waals surface area contributed by atoms with E-state index in [2.05, 4.69) is 29.1 Å². The van der Waals surface area contributed by atoms with Gasteiger partial charge in [-0.3, -0.25) is 18.7 Å². The van der Waals surface area contributed by atoms with Crippen LogP contribution >= 0.6 is 23.1 Å². The second-order valence-corrected chi connectivity index (χ2v) is 12.2. The van der Waals surface area contributed by atoms with Crippen molar-refractivity contribution in [1.29, 1.82) is 0 Å². The summed E-state index contributed by atoms with van der Waals surface area (Å²) in [6, 6.07) is 7.30. The number of aliphatic imine (C=N–C) groups is 1. The van der Waals surface area contributed by atoms with Gasteiger partial charge in [0.15, 0.2) is 0 Å². The van der Waals surface area contributed by atoms with E-state index < -0.39 is 10.0 Å². The highest BCUT2D eigenvalue weighted by molar-refractivity contribution is 7.88. The van der Waals surface area contributed by atoms with Crippen LogP contribution in [-0.4, -0.2) is 54.3 Å². The summed E-state index contributed by atoms with van der Waals surface area (Å²) in [6.45, 7) is 4.92. The van der Waals surface area contributed by atoms with Crippen molar-refractivity contribution >= 4 is 61.0 Å². The predicted octanol–water partition coefficient (Wildman–Crippen LogP) is 4.38. The minimum atomic E-state index is -3.29. The molecule has 2 aromatic heterocycles. The summed E-state index contributed by atoms with van der Waals surface area (Å²) in [4.78, 5) is 22.0. The topological polar surface area (TPSA) is 96.7 Å². The van der Waals surface area contributed by atoms with Crippen molar-refractivity contribution in [2.75, 3.05) is 31.7 Å². The molecule has 0 saturated carbocycles. The Kier molecular flexibility index (Phi) is 7.14. The molecule has 0 amide bonds. The van der Waals surface area contributed by atoms with Crippen LogP contribution in [0.1, 0.15) is 31.9 Å². The lowest BCUT2D eigenvalue weighted by Gasteiger charge is -2.39. The molecular formula is C23H28ClN5O3S2. The lowest BCUT2D eigenvalue weighted by molar-refractivity contribution is 0.152. The van der Waals surface area contributed by atoms with E-state index in [9.17, 15) is 13.2 Å². The molecule has 1 saturated heterocycles. The van der Waals surface area contributed by atoms with Crippen LogP contribution in [0.4, 0.5) is 10.7 Å². The van der Waals surface area contributed by atoms with Gasteiger partial charge in [-0.2, -0.15) is 0 Å². The molecule has 3 heterocycles. The van der Waals surface area contributed by atoms with E-state index in [-0.39, 0.29) is 23.4 Å². The molecule has 0 aliphatic carbocycles. The fourth-order valence-corrected chi connectivity index (χ4v) is 6.76. The van der Waals surface area contributed by atoms with Crippen LogP contribution in [0.25, 0.3) is 10.9 Å². The molecular weight excluding hydrogens is 494 g/mol. The first-order valence-electron chi connectivity index (χ1n) is 11.0. The summed E-state index contributed by atoms with van der Waals surface area (Å²) in [7, 11) is -1.66. The minimum Gasteiger partial charge on any atom is -0.344 e. The first-order valence-corrected chi connectivity index (χ1v) is 14.0. The number of hydrogen-bond donors (Lipinski definition) is 1. The first-order chi connectivity index (χ1) is 16.1. The highest BCUT2D eigenvalue weighted by Gasteiger charge is 2.37. The molecule has 2 atom stereocenters. The van der Waals surface area contributed by atoms with Crippen molar-refractivity contribution in [3.05, 3.63) is 51.4 Å². The molecule has 1 aromatic carbocycles. The van der Waals surface area contributed by atoms with Crippen molar-refractivity contribution in [3.63, 3.8) is 0 Å². The summed E-state index contributed by atoms with van der Waals surface area (Å²) in [5.41, 5.74) is 1.78. The quantitative estimate of drug-likeness (QED) is 0.485. The summed E-state index contributed by atoms with van der Waals surface area (Å²) in [5, 5.41) is 5.39. The molecule has 1 fully saturated rings. The largest absolute Gasteiger partial charge is 0.344 e. The monoisotopic (exact) mass is 521 g/mol. The van der Waals surface area contributed by atoms with Crippen LogP contribution < -0.4 is 10.9 Å². The Morgan fingerprint density at radius 1 is 1.32 bits per heavy atom. The maximum Gasteiger partial charge on any atom is 0.271 e. The third-order valence-corrected chi connectivity index (χ3v) is 9.03. The molecule has 182 valence electrons.